The van der Waals surface area contributed by atoms with Gasteiger partial charge in [-0.2, -0.15) is 0 Å². The van der Waals surface area contributed by atoms with Crippen LogP contribution in [0.4, 0.5) is 5.69 Å². The van der Waals surface area contributed by atoms with Gasteiger partial charge in [-0.05, 0) is 54.3 Å². The van der Waals surface area contributed by atoms with E-state index in [0.29, 0.717) is 37.1 Å². The topological polar surface area (TPSA) is 95.9 Å². The highest BCUT2D eigenvalue weighted by molar-refractivity contribution is 5.98. The molecule has 0 saturated carbocycles. The zero-order valence-corrected chi connectivity index (χ0v) is 15.6. The zero-order chi connectivity index (χ0) is 20.1. The van der Waals surface area contributed by atoms with E-state index < -0.39 is 5.97 Å². The van der Waals surface area contributed by atoms with E-state index in [1.54, 1.807) is 30.1 Å². The van der Waals surface area contributed by atoms with Gasteiger partial charge in [0, 0.05) is 31.3 Å². The number of carboxylic acids is 1. The minimum absolute atomic E-state index is 0.0871. The Balaban J connectivity index is 1.52. The molecule has 7 nitrogen and oxygen atoms in total. The third-order valence-electron chi connectivity index (χ3n) is 4.67. The maximum atomic E-state index is 12.4. The number of hydrogen-bond acceptors (Lipinski definition) is 4. The van der Waals surface area contributed by atoms with Crippen LogP contribution >= 0.6 is 0 Å². The van der Waals surface area contributed by atoms with Crippen molar-refractivity contribution >= 4 is 23.5 Å². The summed E-state index contributed by atoms with van der Waals surface area (Å²) in [5.74, 6) is -0.590. The third kappa shape index (κ3) is 4.68. The number of nitrogens with zero attached hydrogens (tertiary/aromatic N) is 1. The Labute approximate surface area is 162 Å². The van der Waals surface area contributed by atoms with E-state index in [1.807, 2.05) is 24.3 Å². The van der Waals surface area contributed by atoms with Gasteiger partial charge in [-0.15, -0.1) is 0 Å². The molecule has 1 heterocycles. The van der Waals surface area contributed by atoms with E-state index in [4.69, 9.17) is 9.84 Å². The lowest BCUT2D eigenvalue weighted by Crippen LogP contribution is -2.31. The van der Waals surface area contributed by atoms with Crippen LogP contribution in [0.2, 0.25) is 0 Å². The van der Waals surface area contributed by atoms with Crippen LogP contribution in [0.25, 0.3) is 0 Å². The molecule has 2 aromatic rings. The molecule has 0 atom stereocenters. The van der Waals surface area contributed by atoms with Gasteiger partial charge in [0.1, 0.15) is 5.75 Å². The summed E-state index contributed by atoms with van der Waals surface area (Å²) in [4.78, 5) is 36.3. The number of nitrogens with one attached hydrogen (secondary N) is 1. The van der Waals surface area contributed by atoms with Crippen LogP contribution in [0.5, 0.6) is 5.75 Å². The van der Waals surface area contributed by atoms with Crippen molar-refractivity contribution in [3.8, 4) is 5.75 Å². The minimum atomic E-state index is -1.02. The van der Waals surface area contributed by atoms with Gasteiger partial charge in [0.2, 0.25) is 5.91 Å². The summed E-state index contributed by atoms with van der Waals surface area (Å²) in [5, 5.41) is 11.5. The molecule has 0 spiro atoms. The van der Waals surface area contributed by atoms with E-state index in [-0.39, 0.29) is 18.4 Å². The number of carboxylic acid groups (broad SMARTS) is 1. The number of aryl methyl sites for hydroxylation is 1. The molecule has 1 aliphatic rings. The van der Waals surface area contributed by atoms with Crippen molar-refractivity contribution in [1.29, 1.82) is 0 Å². The molecular formula is C21H22N2O5. The third-order valence-corrected chi connectivity index (χ3v) is 4.67. The van der Waals surface area contributed by atoms with Gasteiger partial charge < -0.3 is 20.1 Å². The van der Waals surface area contributed by atoms with Crippen molar-refractivity contribution in [3.63, 3.8) is 0 Å². The Hall–Kier alpha value is -3.35. The maximum Gasteiger partial charge on any atom is 0.341 e. The molecule has 0 saturated heterocycles. The quantitative estimate of drug-likeness (QED) is 0.764. The number of benzene rings is 2. The maximum absolute atomic E-state index is 12.4. The predicted molar refractivity (Wildman–Crippen MR) is 104 cm³/mol. The van der Waals surface area contributed by atoms with Crippen LogP contribution in [0.1, 0.15) is 27.9 Å². The van der Waals surface area contributed by atoms with Crippen molar-refractivity contribution in [1.82, 2.24) is 5.32 Å². The summed E-state index contributed by atoms with van der Waals surface area (Å²) in [7, 11) is 1.75. The van der Waals surface area contributed by atoms with Crippen LogP contribution in [0.15, 0.2) is 42.5 Å². The first-order valence-corrected chi connectivity index (χ1v) is 9.05. The molecule has 1 aliphatic heterocycles. The van der Waals surface area contributed by atoms with Gasteiger partial charge in [-0.1, -0.05) is 12.1 Å². The monoisotopic (exact) mass is 382 g/mol. The van der Waals surface area contributed by atoms with Gasteiger partial charge in [0.05, 0.1) is 0 Å². The number of ether oxygens (including phenoxy) is 1. The molecule has 2 aromatic carbocycles. The molecule has 0 aliphatic carbocycles. The van der Waals surface area contributed by atoms with Gasteiger partial charge in [-0.25, -0.2) is 4.79 Å². The van der Waals surface area contributed by atoms with Crippen LogP contribution in [0, 0.1) is 0 Å². The number of anilines is 1. The molecule has 0 unspecified atom stereocenters. The second-order valence-electron chi connectivity index (χ2n) is 6.63. The number of amides is 2. The largest absolute Gasteiger partial charge is 0.482 e. The number of fused-ring (bicyclic) bond motifs is 1. The van der Waals surface area contributed by atoms with E-state index >= 15 is 0 Å². The predicted octanol–water partition coefficient (Wildman–Crippen LogP) is 2.03. The van der Waals surface area contributed by atoms with Crippen LogP contribution in [-0.2, 0) is 22.4 Å². The van der Waals surface area contributed by atoms with E-state index in [0.717, 1.165) is 16.8 Å². The van der Waals surface area contributed by atoms with Crippen LogP contribution in [0.3, 0.4) is 0 Å². The molecule has 3 rings (SSSR count). The standard InChI is InChI=1S/C21H22N2O5/c1-23-18-8-4-16(12-15(18)5-9-19(23)24)21(27)22-11-10-14-2-6-17(7-3-14)28-13-20(25)26/h2-4,6-8,12H,5,9-11,13H2,1H3,(H,22,27)(H,25,26). The number of carbonyl (C=O) groups is 3. The summed E-state index contributed by atoms with van der Waals surface area (Å²) in [5.41, 5.74) is 3.46. The molecule has 0 radical (unpaired) electrons. The van der Waals surface area contributed by atoms with E-state index in [9.17, 15) is 14.4 Å². The minimum Gasteiger partial charge on any atom is -0.482 e. The number of rotatable bonds is 7. The smallest absolute Gasteiger partial charge is 0.341 e. The second kappa shape index (κ2) is 8.56. The lowest BCUT2D eigenvalue weighted by Gasteiger charge is -2.26. The highest BCUT2D eigenvalue weighted by Crippen LogP contribution is 2.27. The first-order chi connectivity index (χ1) is 13.4. The fourth-order valence-electron chi connectivity index (χ4n) is 3.12. The normalized spacial score (nSPS) is 13.0. The van der Waals surface area contributed by atoms with E-state index in [1.165, 1.54) is 0 Å². The molecule has 0 bridgehead atoms. The fraction of sp³-hybridized carbons (Fsp3) is 0.286. The Morgan fingerprint density at radius 2 is 1.89 bits per heavy atom. The van der Waals surface area contributed by atoms with E-state index in [2.05, 4.69) is 5.32 Å². The summed E-state index contributed by atoms with van der Waals surface area (Å²) < 4.78 is 5.09. The lowest BCUT2D eigenvalue weighted by molar-refractivity contribution is -0.139. The first-order valence-electron chi connectivity index (χ1n) is 9.05. The number of carbonyl (C=O) groups excluding carboxylic acids is 2. The molecule has 0 aromatic heterocycles. The second-order valence-corrected chi connectivity index (χ2v) is 6.63. The molecular weight excluding hydrogens is 360 g/mol. The first kappa shape index (κ1) is 19.4. The highest BCUT2D eigenvalue weighted by atomic mass is 16.5. The summed E-state index contributed by atoms with van der Waals surface area (Å²) in [6.07, 6.45) is 1.75. The van der Waals surface area contributed by atoms with Crippen molar-refractivity contribution in [2.24, 2.45) is 0 Å². The Morgan fingerprint density at radius 3 is 2.61 bits per heavy atom. The average molecular weight is 382 g/mol. The van der Waals surface area contributed by atoms with Gasteiger partial charge >= 0.3 is 5.97 Å². The Bertz CT molecular complexity index is 892. The van der Waals surface area contributed by atoms with Gasteiger partial charge in [0.25, 0.3) is 5.91 Å². The molecule has 2 N–H and O–H groups in total. The molecule has 7 heteroatoms. The SMILES string of the molecule is CN1C(=O)CCc2cc(C(=O)NCCc3ccc(OCC(=O)O)cc3)ccc21. The molecule has 28 heavy (non-hydrogen) atoms. The number of aliphatic carboxylic acids is 1. The molecule has 0 fully saturated rings. The summed E-state index contributed by atoms with van der Waals surface area (Å²) >= 11 is 0. The number of hydrogen-bond donors (Lipinski definition) is 2. The lowest BCUT2D eigenvalue weighted by atomic mass is 9.99. The molecule has 2 amide bonds. The summed E-state index contributed by atoms with van der Waals surface area (Å²) in [6, 6.07) is 12.5. The zero-order valence-electron chi connectivity index (χ0n) is 15.6. The van der Waals surface area contributed by atoms with Gasteiger partial charge in [0.15, 0.2) is 6.61 Å². The average Bonchev–Trinajstić information content (AvgIpc) is 2.70. The Kier molecular flexibility index (Phi) is 5.93. The van der Waals surface area contributed by atoms with Gasteiger partial charge in [-0.3, -0.25) is 9.59 Å². The molecule has 146 valence electrons. The van der Waals surface area contributed by atoms with Crippen molar-refractivity contribution < 1.29 is 24.2 Å². The van der Waals surface area contributed by atoms with Crippen molar-refractivity contribution in [3.05, 3.63) is 59.2 Å². The highest BCUT2D eigenvalue weighted by Gasteiger charge is 2.21. The van der Waals surface area contributed by atoms with Crippen LogP contribution in [-0.4, -0.2) is 43.1 Å². The fourth-order valence-corrected chi connectivity index (χ4v) is 3.12. The summed E-state index contributed by atoms with van der Waals surface area (Å²) in [6.45, 7) is 0.101. The van der Waals surface area contributed by atoms with Crippen molar-refractivity contribution in [2.45, 2.75) is 19.3 Å². The van der Waals surface area contributed by atoms with Crippen LogP contribution < -0.4 is 15.0 Å². The van der Waals surface area contributed by atoms with Crippen molar-refractivity contribution in [2.75, 3.05) is 25.1 Å². The Morgan fingerprint density at radius 1 is 1.14 bits per heavy atom.